The van der Waals surface area contributed by atoms with Crippen LogP contribution in [-0.4, -0.2) is 5.11 Å². The van der Waals surface area contributed by atoms with Crippen LogP contribution in [0.5, 0.6) is 5.75 Å². The van der Waals surface area contributed by atoms with Crippen molar-refractivity contribution in [3.05, 3.63) is 29.8 Å². The molecule has 3 nitrogen and oxygen atoms in total. The Morgan fingerprint density at radius 2 is 2.09 bits per heavy atom. The molecule has 3 heteroatoms. The van der Waals surface area contributed by atoms with E-state index in [9.17, 15) is 0 Å². The molecule has 0 saturated carbocycles. The van der Waals surface area contributed by atoms with Crippen molar-refractivity contribution in [1.29, 1.82) is 0 Å². The molecule has 0 aromatic heterocycles. The molecule has 1 aliphatic rings. The van der Waals surface area contributed by atoms with Crippen LogP contribution in [-0.2, 0) is 5.66 Å². The Labute approximate surface area is 64.4 Å². The summed E-state index contributed by atoms with van der Waals surface area (Å²) in [5.74, 6) is 0.265. The van der Waals surface area contributed by atoms with Crippen molar-refractivity contribution >= 4 is 0 Å². The molecule has 0 bridgehead atoms. The molecule has 1 N–H and O–H groups in total. The van der Waals surface area contributed by atoms with Gasteiger partial charge in [0.1, 0.15) is 5.75 Å². The fourth-order valence-corrected chi connectivity index (χ4v) is 0.991. The number of phenols is 1. The lowest BCUT2D eigenvalue weighted by Crippen LogP contribution is -2.00. The molecular weight excluding hydrogens is 140 g/mol. The molecule has 0 radical (unpaired) electrons. The van der Waals surface area contributed by atoms with Crippen LogP contribution >= 0.6 is 0 Å². The van der Waals surface area contributed by atoms with Gasteiger partial charge in [0.15, 0.2) is 0 Å². The van der Waals surface area contributed by atoms with E-state index in [0.29, 0.717) is 0 Å². The topological polar surface area (TPSA) is 45.0 Å². The third kappa shape index (κ3) is 0.981. The van der Waals surface area contributed by atoms with E-state index in [0.717, 1.165) is 5.56 Å². The van der Waals surface area contributed by atoms with Crippen LogP contribution in [0.4, 0.5) is 0 Å². The SMILES string of the molecule is CC1(c2cccc(O)c2)N=N1. The van der Waals surface area contributed by atoms with Crippen molar-refractivity contribution in [2.75, 3.05) is 0 Å². The maximum absolute atomic E-state index is 9.12. The lowest BCUT2D eigenvalue weighted by molar-refractivity contribution is 0.473. The molecule has 1 heterocycles. The molecule has 0 saturated heterocycles. The van der Waals surface area contributed by atoms with Gasteiger partial charge in [-0.25, -0.2) is 0 Å². The Morgan fingerprint density at radius 1 is 1.36 bits per heavy atom. The second-order valence-corrected chi connectivity index (χ2v) is 2.77. The average Bonchev–Trinajstić information content (AvgIpc) is 2.70. The summed E-state index contributed by atoms with van der Waals surface area (Å²) in [6, 6.07) is 7.01. The fraction of sp³-hybridized carbons (Fsp3) is 0.250. The van der Waals surface area contributed by atoms with Crippen molar-refractivity contribution in [3.63, 3.8) is 0 Å². The first-order valence-electron chi connectivity index (χ1n) is 3.44. The summed E-state index contributed by atoms with van der Waals surface area (Å²) in [5.41, 5.74) is 0.566. The normalized spacial score (nSPS) is 18.3. The van der Waals surface area contributed by atoms with Crippen LogP contribution in [0.1, 0.15) is 12.5 Å². The lowest BCUT2D eigenvalue weighted by Gasteiger charge is -2.02. The molecule has 0 atom stereocenters. The predicted molar refractivity (Wildman–Crippen MR) is 40.3 cm³/mol. The smallest absolute Gasteiger partial charge is 0.213 e. The number of hydrogen-bond donors (Lipinski definition) is 1. The Hall–Kier alpha value is -1.38. The van der Waals surface area contributed by atoms with Gasteiger partial charge < -0.3 is 5.11 Å². The number of benzene rings is 1. The van der Waals surface area contributed by atoms with Gasteiger partial charge >= 0.3 is 0 Å². The first-order valence-corrected chi connectivity index (χ1v) is 3.44. The standard InChI is InChI=1S/C8H8N2O/c1-8(9-10-8)6-3-2-4-7(11)5-6/h2-5,11H,1H3. The molecule has 1 aromatic carbocycles. The zero-order chi connectivity index (χ0) is 7.90. The Bertz CT molecular complexity index is 314. The highest BCUT2D eigenvalue weighted by molar-refractivity contribution is 5.33. The van der Waals surface area contributed by atoms with E-state index in [2.05, 4.69) is 10.2 Å². The van der Waals surface area contributed by atoms with E-state index < -0.39 is 0 Å². The van der Waals surface area contributed by atoms with Gasteiger partial charge in [0, 0.05) is 5.56 Å². The second-order valence-electron chi connectivity index (χ2n) is 2.77. The minimum absolute atomic E-state index is 0.265. The summed E-state index contributed by atoms with van der Waals surface area (Å²) in [5, 5.41) is 16.8. The molecule has 0 fully saturated rings. The van der Waals surface area contributed by atoms with Crippen molar-refractivity contribution in [2.24, 2.45) is 10.2 Å². The highest BCUT2D eigenvalue weighted by atomic mass is 16.3. The maximum atomic E-state index is 9.12. The zero-order valence-electron chi connectivity index (χ0n) is 6.15. The lowest BCUT2D eigenvalue weighted by atomic mass is 10.1. The molecule has 56 valence electrons. The quantitative estimate of drug-likeness (QED) is 0.650. The van der Waals surface area contributed by atoms with Gasteiger partial charge in [-0.1, -0.05) is 12.1 Å². The van der Waals surface area contributed by atoms with Crippen LogP contribution in [0.15, 0.2) is 34.5 Å². The van der Waals surface area contributed by atoms with Crippen LogP contribution in [0.2, 0.25) is 0 Å². The Balaban J connectivity index is 2.39. The van der Waals surface area contributed by atoms with Crippen molar-refractivity contribution in [1.82, 2.24) is 0 Å². The van der Waals surface area contributed by atoms with Gasteiger partial charge in [0.05, 0.1) is 0 Å². The monoisotopic (exact) mass is 148 g/mol. The molecule has 0 aliphatic carbocycles. The second kappa shape index (κ2) is 1.81. The highest BCUT2D eigenvalue weighted by Gasteiger charge is 2.35. The third-order valence-electron chi connectivity index (χ3n) is 1.79. The molecule has 11 heavy (non-hydrogen) atoms. The number of rotatable bonds is 1. The number of nitrogens with zero attached hydrogens (tertiary/aromatic N) is 2. The van der Waals surface area contributed by atoms with Gasteiger partial charge in [-0.3, -0.25) is 0 Å². The number of hydrogen-bond acceptors (Lipinski definition) is 3. The summed E-state index contributed by atoms with van der Waals surface area (Å²) < 4.78 is 0. The molecular formula is C8H8N2O. The molecule has 0 amide bonds. The highest BCUT2D eigenvalue weighted by Crippen LogP contribution is 2.39. The van der Waals surface area contributed by atoms with E-state index in [-0.39, 0.29) is 11.4 Å². The van der Waals surface area contributed by atoms with Crippen LogP contribution in [0.25, 0.3) is 0 Å². The van der Waals surface area contributed by atoms with Gasteiger partial charge in [-0.05, 0) is 19.1 Å². The van der Waals surface area contributed by atoms with Crippen molar-refractivity contribution in [2.45, 2.75) is 12.6 Å². The number of aromatic hydroxyl groups is 1. The molecule has 1 aliphatic heterocycles. The minimum atomic E-state index is -0.376. The van der Waals surface area contributed by atoms with E-state index in [4.69, 9.17) is 5.11 Å². The summed E-state index contributed by atoms with van der Waals surface area (Å²) in [4.78, 5) is 0. The van der Waals surface area contributed by atoms with Gasteiger partial charge in [0.2, 0.25) is 5.66 Å². The summed E-state index contributed by atoms with van der Waals surface area (Å²) >= 11 is 0. The van der Waals surface area contributed by atoms with E-state index >= 15 is 0 Å². The molecule has 0 spiro atoms. The first-order chi connectivity index (χ1) is 5.21. The summed E-state index contributed by atoms with van der Waals surface area (Å²) in [6.07, 6.45) is 0. The van der Waals surface area contributed by atoms with Crippen LogP contribution in [0.3, 0.4) is 0 Å². The summed E-state index contributed by atoms with van der Waals surface area (Å²) in [6.45, 7) is 1.90. The summed E-state index contributed by atoms with van der Waals surface area (Å²) in [7, 11) is 0. The third-order valence-corrected chi connectivity index (χ3v) is 1.79. The number of phenolic OH excluding ortho intramolecular Hbond substituents is 1. The zero-order valence-corrected chi connectivity index (χ0v) is 6.15. The van der Waals surface area contributed by atoms with E-state index in [1.165, 1.54) is 0 Å². The van der Waals surface area contributed by atoms with E-state index in [1.807, 2.05) is 13.0 Å². The van der Waals surface area contributed by atoms with Gasteiger partial charge in [0.25, 0.3) is 0 Å². The molecule has 0 unspecified atom stereocenters. The van der Waals surface area contributed by atoms with Crippen LogP contribution < -0.4 is 0 Å². The van der Waals surface area contributed by atoms with Gasteiger partial charge in [-0.2, -0.15) is 10.2 Å². The largest absolute Gasteiger partial charge is 0.508 e. The first kappa shape index (κ1) is 6.34. The predicted octanol–water partition coefficient (Wildman–Crippen LogP) is 2.03. The fourth-order valence-electron chi connectivity index (χ4n) is 0.991. The van der Waals surface area contributed by atoms with Crippen molar-refractivity contribution < 1.29 is 5.11 Å². The van der Waals surface area contributed by atoms with Crippen molar-refractivity contribution in [3.8, 4) is 5.75 Å². The maximum Gasteiger partial charge on any atom is 0.213 e. The van der Waals surface area contributed by atoms with Gasteiger partial charge in [-0.15, -0.1) is 0 Å². The molecule has 2 rings (SSSR count). The average molecular weight is 148 g/mol. The van der Waals surface area contributed by atoms with E-state index in [1.54, 1.807) is 18.2 Å². The Morgan fingerprint density at radius 3 is 2.64 bits per heavy atom. The molecule has 1 aromatic rings. The van der Waals surface area contributed by atoms with Crippen LogP contribution in [0, 0.1) is 0 Å². The minimum Gasteiger partial charge on any atom is -0.508 e. The Kier molecular flexibility index (Phi) is 1.04.